The van der Waals surface area contributed by atoms with E-state index in [9.17, 15) is 23.3 Å². The summed E-state index contributed by atoms with van der Waals surface area (Å²) in [7, 11) is -3.47. The quantitative estimate of drug-likeness (QED) is 0.426. The van der Waals surface area contributed by atoms with Gasteiger partial charge in [0, 0.05) is 37.7 Å². The molecule has 3 rings (SSSR count). The monoisotopic (exact) mass is 474 g/mol. The fourth-order valence-corrected chi connectivity index (χ4v) is 5.56. The Balaban J connectivity index is 1.57. The van der Waals surface area contributed by atoms with Gasteiger partial charge in [0.25, 0.3) is 5.69 Å². The molecule has 0 saturated carbocycles. The van der Waals surface area contributed by atoms with Gasteiger partial charge in [-0.1, -0.05) is 36.4 Å². The number of hydrogen-bond donors (Lipinski definition) is 2. The molecule has 2 N–H and O–H groups in total. The molecule has 1 aliphatic rings. The minimum atomic E-state index is -3.47. The van der Waals surface area contributed by atoms with Gasteiger partial charge in [-0.25, -0.2) is 13.1 Å². The average molecular weight is 475 g/mol. The molecule has 0 spiro atoms. The van der Waals surface area contributed by atoms with E-state index in [1.54, 1.807) is 44.2 Å². The van der Waals surface area contributed by atoms with Gasteiger partial charge in [-0.2, -0.15) is 0 Å². The molecule has 0 aliphatic carbocycles. The zero-order valence-electron chi connectivity index (χ0n) is 18.9. The first-order chi connectivity index (χ1) is 15.7. The Kier molecular flexibility index (Phi) is 8.04. The van der Waals surface area contributed by atoms with Gasteiger partial charge >= 0.3 is 0 Å². The normalized spacial score (nSPS) is 14.9. The molecule has 0 unspecified atom stereocenters. The zero-order chi connectivity index (χ0) is 24.0. The number of amides is 1. The summed E-state index contributed by atoms with van der Waals surface area (Å²) in [6.45, 7) is 4.89. The Bertz CT molecular complexity index is 1100. The molecule has 2 aromatic rings. The van der Waals surface area contributed by atoms with Crippen molar-refractivity contribution >= 4 is 27.3 Å². The number of anilines is 1. The Hall–Kier alpha value is -2.98. The zero-order valence-corrected chi connectivity index (χ0v) is 19.7. The number of carbonyl (C=O) groups is 1. The fraction of sp³-hybridized carbons (Fsp3) is 0.435. The molecule has 1 heterocycles. The number of nitro benzene ring substituents is 1. The van der Waals surface area contributed by atoms with E-state index in [2.05, 4.69) is 10.0 Å². The maximum atomic E-state index is 12.8. The van der Waals surface area contributed by atoms with E-state index in [-0.39, 0.29) is 40.8 Å². The lowest BCUT2D eigenvalue weighted by Gasteiger charge is -2.32. The number of sulfonamides is 1. The summed E-state index contributed by atoms with van der Waals surface area (Å²) < 4.78 is 27.2. The lowest BCUT2D eigenvalue weighted by molar-refractivity contribution is -0.384. The molecule has 2 aromatic carbocycles. The van der Waals surface area contributed by atoms with Crippen molar-refractivity contribution in [2.75, 3.05) is 18.0 Å². The van der Waals surface area contributed by atoms with Crippen molar-refractivity contribution in [1.29, 1.82) is 0 Å². The molecular weight excluding hydrogens is 444 g/mol. The van der Waals surface area contributed by atoms with Crippen molar-refractivity contribution in [3.05, 3.63) is 69.8 Å². The molecule has 1 saturated heterocycles. The molecule has 178 valence electrons. The lowest BCUT2D eigenvalue weighted by atomic mass is 9.95. The maximum absolute atomic E-state index is 12.8. The first-order valence-corrected chi connectivity index (χ1v) is 12.6. The SMILES string of the molecule is CC(C)NS(=O)(=O)Cc1ccccc1CNC(=O)C1CCN(c2ccccc2[N+](=O)[O-])CC1. The average Bonchev–Trinajstić information content (AvgIpc) is 2.77. The Morgan fingerprint density at radius 2 is 1.70 bits per heavy atom. The number of nitrogens with one attached hydrogen (secondary N) is 2. The van der Waals surface area contributed by atoms with Gasteiger partial charge in [0.15, 0.2) is 0 Å². The largest absolute Gasteiger partial charge is 0.366 e. The molecule has 1 amide bonds. The standard InChI is InChI=1S/C23H30N4O5S/c1-17(2)25-33(31,32)16-20-8-4-3-7-19(20)15-24-23(28)18-11-13-26(14-12-18)21-9-5-6-10-22(21)27(29)30/h3-10,17-18,25H,11-16H2,1-2H3,(H,24,28). The molecule has 9 nitrogen and oxygen atoms in total. The van der Waals surface area contributed by atoms with Gasteiger partial charge in [-0.3, -0.25) is 14.9 Å². The Morgan fingerprint density at radius 1 is 1.09 bits per heavy atom. The van der Waals surface area contributed by atoms with Gasteiger partial charge < -0.3 is 10.2 Å². The van der Waals surface area contributed by atoms with Crippen molar-refractivity contribution in [3.63, 3.8) is 0 Å². The summed E-state index contributed by atoms with van der Waals surface area (Å²) in [5.74, 6) is -0.427. The second-order valence-corrected chi connectivity index (χ2v) is 10.3. The van der Waals surface area contributed by atoms with Gasteiger partial charge in [0.05, 0.1) is 10.7 Å². The maximum Gasteiger partial charge on any atom is 0.292 e. The molecule has 0 atom stereocenters. The summed E-state index contributed by atoms with van der Waals surface area (Å²) in [5.41, 5.74) is 2.06. The van der Waals surface area contributed by atoms with Crippen LogP contribution in [-0.2, 0) is 27.1 Å². The van der Waals surface area contributed by atoms with Crippen LogP contribution in [0.3, 0.4) is 0 Å². The van der Waals surface area contributed by atoms with Crippen molar-refractivity contribution < 1.29 is 18.1 Å². The van der Waals surface area contributed by atoms with Gasteiger partial charge in [0.1, 0.15) is 5.69 Å². The van der Waals surface area contributed by atoms with Crippen LogP contribution in [0.15, 0.2) is 48.5 Å². The van der Waals surface area contributed by atoms with Gasteiger partial charge in [-0.05, 0) is 43.9 Å². The molecular formula is C23H30N4O5S. The summed E-state index contributed by atoms with van der Waals surface area (Å²) in [6, 6.07) is 13.6. The number of hydrogen-bond acceptors (Lipinski definition) is 6. The smallest absolute Gasteiger partial charge is 0.292 e. The highest BCUT2D eigenvalue weighted by atomic mass is 32.2. The first kappa shape index (κ1) is 24.7. The minimum Gasteiger partial charge on any atom is -0.366 e. The van der Waals surface area contributed by atoms with E-state index < -0.39 is 10.0 Å². The first-order valence-electron chi connectivity index (χ1n) is 11.0. The number of nitrogens with zero attached hydrogens (tertiary/aromatic N) is 2. The van der Waals surface area contributed by atoms with E-state index in [4.69, 9.17) is 0 Å². The van der Waals surface area contributed by atoms with Crippen LogP contribution in [0.5, 0.6) is 0 Å². The van der Waals surface area contributed by atoms with Gasteiger partial charge in [-0.15, -0.1) is 0 Å². The van der Waals surface area contributed by atoms with Crippen LogP contribution >= 0.6 is 0 Å². The van der Waals surface area contributed by atoms with Crippen LogP contribution in [0.25, 0.3) is 0 Å². The fourth-order valence-electron chi connectivity index (χ4n) is 4.07. The van der Waals surface area contributed by atoms with Crippen LogP contribution in [0, 0.1) is 16.0 Å². The lowest BCUT2D eigenvalue weighted by Crippen LogP contribution is -2.40. The van der Waals surface area contributed by atoms with Crippen LogP contribution < -0.4 is 14.9 Å². The highest BCUT2D eigenvalue weighted by molar-refractivity contribution is 7.88. The number of piperidine rings is 1. The summed E-state index contributed by atoms with van der Waals surface area (Å²) >= 11 is 0. The van der Waals surface area contributed by atoms with Crippen LogP contribution in [0.1, 0.15) is 37.8 Å². The number of nitro groups is 1. The molecule has 1 aliphatic heterocycles. The highest BCUT2D eigenvalue weighted by Crippen LogP contribution is 2.31. The Morgan fingerprint density at radius 3 is 2.33 bits per heavy atom. The molecule has 0 bridgehead atoms. The van der Waals surface area contributed by atoms with Crippen molar-refractivity contribution in [2.45, 2.75) is 45.0 Å². The third-order valence-electron chi connectivity index (χ3n) is 5.62. The highest BCUT2D eigenvalue weighted by Gasteiger charge is 2.28. The van der Waals surface area contributed by atoms with Crippen molar-refractivity contribution in [1.82, 2.24) is 10.0 Å². The van der Waals surface area contributed by atoms with Crippen LogP contribution in [0.2, 0.25) is 0 Å². The van der Waals surface area contributed by atoms with E-state index in [0.717, 1.165) is 5.56 Å². The number of benzene rings is 2. The molecule has 1 fully saturated rings. The molecule has 0 radical (unpaired) electrons. The predicted molar refractivity (Wildman–Crippen MR) is 127 cm³/mol. The Labute approximate surface area is 194 Å². The van der Waals surface area contributed by atoms with Crippen LogP contribution in [-0.4, -0.2) is 38.4 Å². The van der Waals surface area contributed by atoms with Crippen LogP contribution in [0.4, 0.5) is 11.4 Å². The van der Waals surface area contributed by atoms with E-state index in [0.29, 0.717) is 37.2 Å². The van der Waals surface area contributed by atoms with Crippen molar-refractivity contribution in [3.8, 4) is 0 Å². The molecule has 33 heavy (non-hydrogen) atoms. The summed E-state index contributed by atoms with van der Waals surface area (Å²) in [6.07, 6.45) is 1.18. The number of carbonyl (C=O) groups excluding carboxylic acids is 1. The van der Waals surface area contributed by atoms with E-state index >= 15 is 0 Å². The number of rotatable bonds is 9. The summed E-state index contributed by atoms with van der Waals surface area (Å²) in [4.78, 5) is 25.6. The third-order valence-corrected chi connectivity index (χ3v) is 7.14. The minimum absolute atomic E-state index is 0.0684. The van der Waals surface area contributed by atoms with Crippen molar-refractivity contribution in [2.24, 2.45) is 5.92 Å². The summed E-state index contributed by atoms with van der Waals surface area (Å²) in [5, 5.41) is 14.2. The predicted octanol–water partition coefficient (Wildman–Crippen LogP) is 2.96. The van der Waals surface area contributed by atoms with E-state index in [1.807, 2.05) is 17.0 Å². The molecule has 10 heteroatoms. The number of para-hydroxylation sites is 2. The topological polar surface area (TPSA) is 122 Å². The van der Waals surface area contributed by atoms with Gasteiger partial charge in [0.2, 0.25) is 15.9 Å². The molecule has 0 aromatic heterocycles. The second-order valence-electron chi connectivity index (χ2n) is 8.53. The third kappa shape index (κ3) is 6.75. The second kappa shape index (κ2) is 10.8. The van der Waals surface area contributed by atoms with E-state index in [1.165, 1.54) is 6.07 Å².